The van der Waals surface area contributed by atoms with Crippen molar-refractivity contribution < 1.29 is 9.53 Å². The second kappa shape index (κ2) is 6.39. The maximum Gasteiger partial charge on any atom is 0.150 e. The van der Waals surface area contributed by atoms with Gasteiger partial charge in [-0.1, -0.05) is 23.7 Å². The van der Waals surface area contributed by atoms with Crippen LogP contribution in [0.25, 0.3) is 0 Å². The van der Waals surface area contributed by atoms with E-state index in [1.54, 1.807) is 13.2 Å². The lowest BCUT2D eigenvalue weighted by Crippen LogP contribution is -1.93. The van der Waals surface area contributed by atoms with Gasteiger partial charge in [-0.05, 0) is 54.3 Å². The zero-order valence-corrected chi connectivity index (χ0v) is 11.5. The number of benzene rings is 2. The fourth-order valence-corrected chi connectivity index (χ4v) is 2.23. The topological polar surface area (TPSA) is 26.3 Å². The lowest BCUT2D eigenvalue weighted by Gasteiger charge is -2.05. The third kappa shape index (κ3) is 3.83. The largest absolute Gasteiger partial charge is 0.497 e. The fraction of sp³-hybridized carbons (Fsp3) is 0.188. The van der Waals surface area contributed by atoms with E-state index in [1.165, 1.54) is 5.56 Å². The second-order valence-electron chi connectivity index (χ2n) is 4.36. The molecule has 2 aromatic carbocycles. The van der Waals surface area contributed by atoms with Gasteiger partial charge < -0.3 is 4.74 Å². The van der Waals surface area contributed by atoms with Crippen LogP contribution in [0.2, 0.25) is 5.02 Å². The highest BCUT2D eigenvalue weighted by atomic mass is 35.5. The van der Waals surface area contributed by atoms with Crippen molar-refractivity contribution in [2.75, 3.05) is 7.11 Å². The van der Waals surface area contributed by atoms with Crippen molar-refractivity contribution >= 4 is 17.9 Å². The summed E-state index contributed by atoms with van der Waals surface area (Å²) < 4.78 is 5.12. The Balaban J connectivity index is 2.05. The molecule has 3 heteroatoms. The van der Waals surface area contributed by atoms with Crippen molar-refractivity contribution in [3.63, 3.8) is 0 Å². The smallest absolute Gasteiger partial charge is 0.150 e. The molecule has 0 aliphatic rings. The van der Waals surface area contributed by atoms with Crippen LogP contribution in [-0.2, 0) is 12.8 Å². The van der Waals surface area contributed by atoms with Crippen LogP contribution in [-0.4, -0.2) is 13.4 Å². The molecule has 0 aliphatic carbocycles. The van der Waals surface area contributed by atoms with E-state index in [0.29, 0.717) is 10.6 Å². The van der Waals surface area contributed by atoms with E-state index in [2.05, 4.69) is 0 Å². The number of aryl methyl sites for hydroxylation is 2. The maximum absolute atomic E-state index is 10.8. The van der Waals surface area contributed by atoms with E-state index >= 15 is 0 Å². The molecule has 0 saturated carbocycles. The first kappa shape index (κ1) is 13.6. The molecule has 0 radical (unpaired) electrons. The Labute approximate surface area is 118 Å². The standard InChI is InChI=1S/C16H15ClO2/c1-19-16-6-4-12(5-7-16)2-3-13-8-14(11-18)10-15(17)9-13/h4-11H,2-3H2,1H3. The summed E-state index contributed by atoms with van der Waals surface area (Å²) >= 11 is 5.97. The van der Waals surface area contributed by atoms with Gasteiger partial charge in [0.1, 0.15) is 12.0 Å². The molecule has 2 aromatic rings. The predicted octanol–water partition coefficient (Wildman–Crippen LogP) is 3.95. The first-order valence-corrected chi connectivity index (χ1v) is 6.46. The molecule has 98 valence electrons. The van der Waals surface area contributed by atoms with Crippen LogP contribution in [0.5, 0.6) is 5.75 Å². The van der Waals surface area contributed by atoms with Crippen LogP contribution in [0.4, 0.5) is 0 Å². The average molecular weight is 275 g/mol. The minimum absolute atomic E-state index is 0.606. The van der Waals surface area contributed by atoms with E-state index in [4.69, 9.17) is 16.3 Å². The summed E-state index contributed by atoms with van der Waals surface area (Å²) in [4.78, 5) is 10.8. The molecule has 0 bridgehead atoms. The Hall–Kier alpha value is -1.80. The second-order valence-corrected chi connectivity index (χ2v) is 4.80. The van der Waals surface area contributed by atoms with Gasteiger partial charge in [-0.15, -0.1) is 0 Å². The van der Waals surface area contributed by atoms with Gasteiger partial charge in [0.25, 0.3) is 0 Å². The van der Waals surface area contributed by atoms with E-state index in [0.717, 1.165) is 30.4 Å². The monoisotopic (exact) mass is 274 g/mol. The highest BCUT2D eigenvalue weighted by Crippen LogP contribution is 2.17. The summed E-state index contributed by atoms with van der Waals surface area (Å²) in [6.07, 6.45) is 2.58. The number of carbonyl (C=O) groups is 1. The number of aldehydes is 1. The molecule has 0 amide bonds. The Kier molecular flexibility index (Phi) is 4.58. The van der Waals surface area contributed by atoms with Gasteiger partial charge in [0.2, 0.25) is 0 Å². The van der Waals surface area contributed by atoms with Gasteiger partial charge in [-0.2, -0.15) is 0 Å². The molecule has 0 unspecified atom stereocenters. The van der Waals surface area contributed by atoms with Gasteiger partial charge in [-0.3, -0.25) is 4.79 Å². The quantitative estimate of drug-likeness (QED) is 0.772. The normalized spacial score (nSPS) is 10.2. The molecule has 0 N–H and O–H groups in total. The number of rotatable bonds is 5. The number of methoxy groups -OCH3 is 1. The van der Waals surface area contributed by atoms with E-state index in [9.17, 15) is 4.79 Å². The molecule has 2 rings (SSSR count). The molecular formula is C16H15ClO2. The highest BCUT2D eigenvalue weighted by Gasteiger charge is 2.01. The van der Waals surface area contributed by atoms with Crippen LogP contribution < -0.4 is 4.74 Å². The minimum atomic E-state index is 0.606. The zero-order valence-electron chi connectivity index (χ0n) is 10.7. The van der Waals surface area contributed by atoms with Crippen molar-refractivity contribution in [2.24, 2.45) is 0 Å². The molecule has 2 nitrogen and oxygen atoms in total. The third-order valence-electron chi connectivity index (χ3n) is 2.98. The van der Waals surface area contributed by atoms with Crippen LogP contribution in [0.1, 0.15) is 21.5 Å². The number of halogens is 1. The fourth-order valence-electron chi connectivity index (χ4n) is 1.97. The highest BCUT2D eigenvalue weighted by molar-refractivity contribution is 6.30. The van der Waals surface area contributed by atoms with Crippen molar-refractivity contribution in [1.82, 2.24) is 0 Å². The molecule has 0 atom stereocenters. The Morgan fingerprint density at radius 3 is 2.37 bits per heavy atom. The summed E-state index contributed by atoms with van der Waals surface area (Å²) in [7, 11) is 1.65. The summed E-state index contributed by atoms with van der Waals surface area (Å²) in [5.41, 5.74) is 2.93. The van der Waals surface area contributed by atoms with Crippen LogP contribution in [0, 0.1) is 0 Å². The molecule has 0 spiro atoms. The average Bonchev–Trinajstić information content (AvgIpc) is 2.45. The molecule has 19 heavy (non-hydrogen) atoms. The van der Waals surface area contributed by atoms with Crippen molar-refractivity contribution in [1.29, 1.82) is 0 Å². The summed E-state index contributed by atoms with van der Waals surface area (Å²) in [6.45, 7) is 0. The van der Waals surface area contributed by atoms with E-state index < -0.39 is 0 Å². The molecule has 0 saturated heterocycles. The summed E-state index contributed by atoms with van der Waals surface area (Å²) in [6, 6.07) is 13.4. The van der Waals surface area contributed by atoms with E-state index in [-0.39, 0.29) is 0 Å². The molecule has 0 aromatic heterocycles. The predicted molar refractivity (Wildman–Crippen MR) is 77.2 cm³/mol. The van der Waals surface area contributed by atoms with Crippen molar-refractivity contribution in [2.45, 2.75) is 12.8 Å². The number of hydrogen-bond acceptors (Lipinski definition) is 2. The Bertz CT molecular complexity index is 561. The number of ether oxygens (including phenoxy) is 1. The lowest BCUT2D eigenvalue weighted by molar-refractivity contribution is 0.112. The van der Waals surface area contributed by atoms with Gasteiger partial charge in [0.15, 0.2) is 0 Å². The third-order valence-corrected chi connectivity index (χ3v) is 3.20. The SMILES string of the molecule is COc1ccc(CCc2cc(Cl)cc(C=O)c2)cc1. The van der Waals surface area contributed by atoms with Crippen LogP contribution >= 0.6 is 11.6 Å². The molecule has 0 aliphatic heterocycles. The van der Waals surface area contributed by atoms with Gasteiger partial charge >= 0.3 is 0 Å². The van der Waals surface area contributed by atoms with Gasteiger partial charge in [0.05, 0.1) is 7.11 Å². The Morgan fingerprint density at radius 1 is 1.05 bits per heavy atom. The Morgan fingerprint density at radius 2 is 1.74 bits per heavy atom. The zero-order chi connectivity index (χ0) is 13.7. The minimum Gasteiger partial charge on any atom is -0.497 e. The maximum atomic E-state index is 10.8. The molecule has 0 fully saturated rings. The first-order chi connectivity index (χ1) is 9.21. The molecular weight excluding hydrogens is 260 g/mol. The first-order valence-electron chi connectivity index (χ1n) is 6.09. The van der Waals surface area contributed by atoms with Crippen LogP contribution in [0.15, 0.2) is 42.5 Å². The molecule has 0 heterocycles. The van der Waals surface area contributed by atoms with E-state index in [1.807, 2.05) is 36.4 Å². The van der Waals surface area contributed by atoms with Crippen LogP contribution in [0.3, 0.4) is 0 Å². The number of carbonyl (C=O) groups excluding carboxylic acids is 1. The van der Waals surface area contributed by atoms with Crippen molar-refractivity contribution in [3.05, 3.63) is 64.2 Å². The summed E-state index contributed by atoms with van der Waals surface area (Å²) in [5, 5.41) is 0.606. The van der Waals surface area contributed by atoms with Gasteiger partial charge in [-0.25, -0.2) is 0 Å². The summed E-state index contributed by atoms with van der Waals surface area (Å²) in [5.74, 6) is 0.856. The lowest BCUT2D eigenvalue weighted by atomic mass is 10.0. The van der Waals surface area contributed by atoms with Crippen molar-refractivity contribution in [3.8, 4) is 5.75 Å². The number of hydrogen-bond donors (Lipinski definition) is 0. The van der Waals surface area contributed by atoms with Gasteiger partial charge in [0, 0.05) is 10.6 Å².